The molecule has 0 aliphatic heterocycles. The Hall–Kier alpha value is -0.670. The van der Waals surface area contributed by atoms with Gasteiger partial charge in [-0.3, -0.25) is 4.79 Å². The fraction of sp³-hybridized carbons (Fsp3) is 0.800. The van der Waals surface area contributed by atoms with Crippen molar-refractivity contribution >= 4 is 5.97 Å². The standard InChI is InChI=1S/C5H6F2O2/c1-2-3(4(8)9)5(2,6)7/h2-3H,1H3,(H,8,9)/t2-,3+/m0/s1. The second kappa shape index (κ2) is 1.43. The average molecular weight is 136 g/mol. The maximum Gasteiger partial charge on any atom is 0.313 e. The summed E-state index contributed by atoms with van der Waals surface area (Å²) in [5, 5.41) is 8.08. The third kappa shape index (κ3) is 0.693. The predicted octanol–water partition coefficient (Wildman–Crippen LogP) is 0.972. The fourth-order valence-electron chi connectivity index (χ4n) is 0.858. The molecule has 0 aromatic carbocycles. The van der Waals surface area contributed by atoms with Crippen LogP contribution in [0.15, 0.2) is 0 Å². The van der Waals surface area contributed by atoms with Crippen molar-refractivity contribution in [3.63, 3.8) is 0 Å². The Morgan fingerprint density at radius 2 is 2.00 bits per heavy atom. The SMILES string of the molecule is C[C@H]1[C@H](C(=O)O)C1(F)F. The molecular weight excluding hydrogens is 130 g/mol. The van der Waals surface area contributed by atoms with Gasteiger partial charge in [0.25, 0.3) is 5.92 Å². The molecule has 0 unspecified atom stereocenters. The Kier molecular flexibility index (Phi) is 1.03. The van der Waals surface area contributed by atoms with Crippen LogP contribution in [0.5, 0.6) is 0 Å². The molecule has 1 saturated carbocycles. The molecule has 9 heavy (non-hydrogen) atoms. The normalized spacial score (nSPS) is 38.1. The van der Waals surface area contributed by atoms with Gasteiger partial charge in [-0.1, -0.05) is 6.92 Å². The lowest BCUT2D eigenvalue weighted by Crippen LogP contribution is -2.04. The lowest BCUT2D eigenvalue weighted by atomic mass is 10.3. The van der Waals surface area contributed by atoms with Gasteiger partial charge in [0.05, 0.1) is 0 Å². The molecular formula is C5H6F2O2. The Morgan fingerprint density at radius 3 is 2.00 bits per heavy atom. The number of aliphatic carboxylic acids is 1. The highest BCUT2D eigenvalue weighted by atomic mass is 19.3. The van der Waals surface area contributed by atoms with Crippen LogP contribution in [0, 0.1) is 11.8 Å². The lowest BCUT2D eigenvalue weighted by Gasteiger charge is -1.86. The van der Waals surface area contributed by atoms with Crippen molar-refractivity contribution < 1.29 is 18.7 Å². The number of rotatable bonds is 1. The molecule has 4 heteroatoms. The van der Waals surface area contributed by atoms with E-state index in [4.69, 9.17) is 5.11 Å². The molecule has 1 aliphatic carbocycles. The smallest absolute Gasteiger partial charge is 0.313 e. The number of hydrogen-bond donors (Lipinski definition) is 1. The van der Waals surface area contributed by atoms with Gasteiger partial charge in [-0.15, -0.1) is 0 Å². The Morgan fingerprint density at radius 1 is 1.67 bits per heavy atom. The first-order valence-electron chi connectivity index (χ1n) is 2.58. The molecule has 0 aromatic heterocycles. The number of carboxylic acids is 1. The molecule has 0 aromatic rings. The molecule has 1 rings (SSSR count). The zero-order valence-corrected chi connectivity index (χ0v) is 4.77. The van der Waals surface area contributed by atoms with Crippen LogP contribution < -0.4 is 0 Å². The van der Waals surface area contributed by atoms with Crippen LogP contribution in [0.25, 0.3) is 0 Å². The van der Waals surface area contributed by atoms with E-state index in [1.165, 1.54) is 6.92 Å². The van der Waals surface area contributed by atoms with Gasteiger partial charge in [0.15, 0.2) is 0 Å². The van der Waals surface area contributed by atoms with Crippen LogP contribution in [-0.2, 0) is 4.79 Å². The summed E-state index contributed by atoms with van der Waals surface area (Å²) < 4.78 is 24.1. The zero-order chi connectivity index (χ0) is 7.23. The molecule has 0 heterocycles. The minimum atomic E-state index is -2.95. The molecule has 0 radical (unpaired) electrons. The summed E-state index contributed by atoms with van der Waals surface area (Å²) in [7, 11) is 0. The number of carboxylic acid groups (broad SMARTS) is 1. The van der Waals surface area contributed by atoms with Gasteiger partial charge in [-0.25, -0.2) is 8.78 Å². The van der Waals surface area contributed by atoms with Crippen molar-refractivity contribution in [2.24, 2.45) is 11.8 Å². The molecule has 1 fully saturated rings. The highest BCUT2D eigenvalue weighted by Crippen LogP contribution is 2.54. The van der Waals surface area contributed by atoms with Gasteiger partial charge in [-0.05, 0) is 0 Å². The van der Waals surface area contributed by atoms with Gasteiger partial charge in [0.1, 0.15) is 5.92 Å². The summed E-state index contributed by atoms with van der Waals surface area (Å²) >= 11 is 0. The summed E-state index contributed by atoms with van der Waals surface area (Å²) in [6.45, 7) is 1.23. The van der Waals surface area contributed by atoms with Crippen LogP contribution in [0.4, 0.5) is 8.78 Å². The lowest BCUT2D eigenvalue weighted by molar-refractivity contribution is -0.140. The molecule has 1 N–H and O–H groups in total. The van der Waals surface area contributed by atoms with E-state index in [-0.39, 0.29) is 0 Å². The van der Waals surface area contributed by atoms with E-state index in [1.807, 2.05) is 0 Å². The molecule has 2 atom stereocenters. The van der Waals surface area contributed by atoms with Crippen molar-refractivity contribution in [3.8, 4) is 0 Å². The van der Waals surface area contributed by atoms with E-state index in [0.717, 1.165) is 0 Å². The molecule has 1 aliphatic rings. The quantitative estimate of drug-likeness (QED) is 0.583. The van der Waals surface area contributed by atoms with Crippen LogP contribution in [0.3, 0.4) is 0 Å². The van der Waals surface area contributed by atoms with Gasteiger partial charge in [0, 0.05) is 5.92 Å². The highest BCUT2D eigenvalue weighted by molar-refractivity contribution is 5.75. The van der Waals surface area contributed by atoms with E-state index in [0.29, 0.717) is 0 Å². The number of alkyl halides is 2. The maximum absolute atomic E-state index is 12.1. The molecule has 0 saturated heterocycles. The fourth-order valence-corrected chi connectivity index (χ4v) is 0.858. The van der Waals surface area contributed by atoms with E-state index < -0.39 is 23.7 Å². The molecule has 52 valence electrons. The molecule has 2 nitrogen and oxygen atoms in total. The van der Waals surface area contributed by atoms with E-state index >= 15 is 0 Å². The monoisotopic (exact) mass is 136 g/mol. The average Bonchev–Trinajstić information content (AvgIpc) is 2.07. The Bertz CT molecular complexity index is 155. The minimum absolute atomic E-state index is 0.977. The van der Waals surface area contributed by atoms with Gasteiger partial charge in [-0.2, -0.15) is 0 Å². The van der Waals surface area contributed by atoms with Crippen LogP contribution in [0.2, 0.25) is 0 Å². The summed E-state index contributed by atoms with van der Waals surface area (Å²) in [5.74, 6) is -6.76. The molecule has 0 spiro atoms. The molecule has 0 amide bonds. The second-order valence-corrected chi connectivity index (χ2v) is 2.28. The van der Waals surface area contributed by atoms with Gasteiger partial charge < -0.3 is 5.11 Å². The number of halogens is 2. The predicted molar refractivity (Wildman–Crippen MR) is 25.2 cm³/mol. The van der Waals surface area contributed by atoms with Crippen LogP contribution >= 0.6 is 0 Å². The summed E-state index contributed by atoms with van der Waals surface area (Å²) in [6, 6.07) is 0. The van der Waals surface area contributed by atoms with E-state index in [9.17, 15) is 13.6 Å². The third-order valence-electron chi connectivity index (χ3n) is 1.68. The summed E-state index contributed by atoms with van der Waals surface area (Å²) in [4.78, 5) is 9.91. The highest BCUT2D eigenvalue weighted by Gasteiger charge is 2.69. The van der Waals surface area contributed by atoms with Gasteiger partial charge >= 0.3 is 5.97 Å². The van der Waals surface area contributed by atoms with Crippen molar-refractivity contribution in [1.29, 1.82) is 0 Å². The van der Waals surface area contributed by atoms with Crippen molar-refractivity contribution in [2.75, 3.05) is 0 Å². The summed E-state index contributed by atoms with van der Waals surface area (Å²) in [5.41, 5.74) is 0. The topological polar surface area (TPSA) is 37.3 Å². The maximum atomic E-state index is 12.1. The zero-order valence-electron chi connectivity index (χ0n) is 4.77. The van der Waals surface area contributed by atoms with Crippen LogP contribution in [-0.4, -0.2) is 17.0 Å². The second-order valence-electron chi connectivity index (χ2n) is 2.28. The minimum Gasteiger partial charge on any atom is -0.481 e. The number of hydrogen-bond acceptors (Lipinski definition) is 1. The Labute approximate surface area is 50.5 Å². The Balaban J connectivity index is 2.62. The van der Waals surface area contributed by atoms with Crippen molar-refractivity contribution in [3.05, 3.63) is 0 Å². The first kappa shape index (κ1) is 6.45. The van der Waals surface area contributed by atoms with Crippen molar-refractivity contribution in [2.45, 2.75) is 12.8 Å². The van der Waals surface area contributed by atoms with E-state index in [2.05, 4.69) is 0 Å². The van der Waals surface area contributed by atoms with Crippen LogP contribution in [0.1, 0.15) is 6.92 Å². The summed E-state index contributed by atoms with van der Waals surface area (Å²) in [6.07, 6.45) is 0. The van der Waals surface area contributed by atoms with E-state index in [1.54, 1.807) is 0 Å². The third-order valence-corrected chi connectivity index (χ3v) is 1.68. The van der Waals surface area contributed by atoms with Gasteiger partial charge in [0.2, 0.25) is 0 Å². The largest absolute Gasteiger partial charge is 0.481 e. The number of carbonyl (C=O) groups is 1. The first-order chi connectivity index (χ1) is 3.98. The molecule has 0 bridgehead atoms. The van der Waals surface area contributed by atoms with Crippen molar-refractivity contribution in [1.82, 2.24) is 0 Å². The first-order valence-corrected chi connectivity index (χ1v) is 2.58.